The van der Waals surface area contributed by atoms with E-state index in [1.165, 1.54) is 0 Å². The first-order chi connectivity index (χ1) is 6.36. The van der Waals surface area contributed by atoms with Crippen molar-refractivity contribution in [3.05, 3.63) is 30.3 Å². The first kappa shape index (κ1) is 9.98. The maximum Gasteiger partial charge on any atom is 0.165 e. The highest BCUT2D eigenvalue weighted by molar-refractivity contribution is 5.20. The first-order valence-corrected chi connectivity index (χ1v) is 3.97. The predicted molar refractivity (Wildman–Crippen MR) is 46.1 cm³/mol. The van der Waals surface area contributed by atoms with E-state index in [4.69, 9.17) is 20.0 Å². The van der Waals surface area contributed by atoms with Crippen molar-refractivity contribution in [2.45, 2.75) is 6.10 Å². The molecule has 0 bridgehead atoms. The van der Waals surface area contributed by atoms with Crippen LogP contribution in [0.3, 0.4) is 0 Å². The highest BCUT2D eigenvalue weighted by atomic mass is 17.2. The van der Waals surface area contributed by atoms with Crippen molar-refractivity contribution >= 4 is 0 Å². The van der Waals surface area contributed by atoms with Crippen molar-refractivity contribution in [3.8, 4) is 5.75 Å². The lowest BCUT2D eigenvalue weighted by Crippen LogP contribution is -2.23. The number of aliphatic hydroxyl groups is 2. The van der Waals surface area contributed by atoms with Crippen molar-refractivity contribution in [2.75, 3.05) is 13.2 Å². The minimum absolute atomic E-state index is 0.274. The summed E-state index contributed by atoms with van der Waals surface area (Å²) < 4.78 is 0. The van der Waals surface area contributed by atoms with E-state index in [9.17, 15) is 0 Å². The van der Waals surface area contributed by atoms with Gasteiger partial charge >= 0.3 is 0 Å². The molecule has 0 aromatic heterocycles. The lowest BCUT2D eigenvalue weighted by atomic mass is 10.3. The van der Waals surface area contributed by atoms with Crippen LogP contribution in [0.25, 0.3) is 0 Å². The standard InChI is InChI=1S/C9H12O4/c10-6-9(7-11)13-12-8-4-2-1-3-5-8/h1-5,9-11H,6-7H2. The number of para-hydroxylation sites is 1. The SMILES string of the molecule is OCC(CO)OOc1ccccc1. The Balaban J connectivity index is 2.34. The highest BCUT2D eigenvalue weighted by Gasteiger charge is 2.07. The van der Waals surface area contributed by atoms with E-state index < -0.39 is 6.10 Å². The Morgan fingerprint density at radius 1 is 1.08 bits per heavy atom. The summed E-state index contributed by atoms with van der Waals surface area (Å²) >= 11 is 0. The Kier molecular flexibility index (Phi) is 4.25. The minimum Gasteiger partial charge on any atom is -0.393 e. The van der Waals surface area contributed by atoms with E-state index in [-0.39, 0.29) is 13.2 Å². The maximum atomic E-state index is 8.64. The second-order valence-electron chi connectivity index (χ2n) is 2.48. The van der Waals surface area contributed by atoms with Crippen molar-refractivity contribution in [1.82, 2.24) is 0 Å². The van der Waals surface area contributed by atoms with Gasteiger partial charge in [-0.15, -0.1) is 0 Å². The van der Waals surface area contributed by atoms with E-state index in [1.807, 2.05) is 6.07 Å². The molecule has 0 aliphatic rings. The van der Waals surface area contributed by atoms with Gasteiger partial charge < -0.3 is 15.1 Å². The Labute approximate surface area is 76.3 Å². The Morgan fingerprint density at radius 2 is 1.69 bits per heavy atom. The molecule has 0 radical (unpaired) electrons. The van der Waals surface area contributed by atoms with Gasteiger partial charge in [0.1, 0.15) is 0 Å². The molecule has 0 unspecified atom stereocenters. The molecule has 0 amide bonds. The van der Waals surface area contributed by atoms with Crippen LogP contribution in [0.5, 0.6) is 5.75 Å². The normalized spacial score (nSPS) is 10.4. The zero-order chi connectivity index (χ0) is 9.52. The molecular weight excluding hydrogens is 172 g/mol. The fourth-order valence-corrected chi connectivity index (χ4v) is 0.718. The summed E-state index contributed by atoms with van der Waals surface area (Å²) in [4.78, 5) is 9.56. The molecule has 2 N–H and O–H groups in total. The van der Waals surface area contributed by atoms with Crippen LogP contribution in [0.1, 0.15) is 0 Å². The number of hydrogen-bond donors (Lipinski definition) is 2. The largest absolute Gasteiger partial charge is 0.393 e. The zero-order valence-electron chi connectivity index (χ0n) is 7.09. The monoisotopic (exact) mass is 184 g/mol. The summed E-state index contributed by atoms with van der Waals surface area (Å²) in [5.74, 6) is 0.536. The van der Waals surface area contributed by atoms with Crippen molar-refractivity contribution in [2.24, 2.45) is 0 Å². The van der Waals surface area contributed by atoms with Gasteiger partial charge in [0.2, 0.25) is 0 Å². The Bertz CT molecular complexity index is 220. The molecule has 1 aromatic carbocycles. The smallest absolute Gasteiger partial charge is 0.165 e. The number of hydrogen-bond acceptors (Lipinski definition) is 4. The van der Waals surface area contributed by atoms with Gasteiger partial charge in [0, 0.05) is 0 Å². The average Bonchev–Trinajstić information content (AvgIpc) is 2.21. The van der Waals surface area contributed by atoms with Crippen molar-refractivity contribution in [3.63, 3.8) is 0 Å². The van der Waals surface area contributed by atoms with Gasteiger partial charge in [0.05, 0.1) is 13.2 Å². The van der Waals surface area contributed by atoms with Crippen LogP contribution in [0.15, 0.2) is 30.3 Å². The Hall–Kier alpha value is -1.10. The van der Waals surface area contributed by atoms with Crippen LogP contribution < -0.4 is 4.89 Å². The molecule has 1 rings (SSSR count). The highest BCUT2D eigenvalue weighted by Crippen LogP contribution is 2.09. The lowest BCUT2D eigenvalue weighted by Gasteiger charge is -2.10. The molecule has 0 saturated heterocycles. The number of benzene rings is 1. The molecule has 13 heavy (non-hydrogen) atoms. The molecule has 0 aliphatic carbocycles. The fourth-order valence-electron chi connectivity index (χ4n) is 0.718. The zero-order valence-corrected chi connectivity index (χ0v) is 7.09. The van der Waals surface area contributed by atoms with Crippen molar-refractivity contribution in [1.29, 1.82) is 0 Å². The van der Waals surface area contributed by atoms with Gasteiger partial charge in [-0.3, -0.25) is 0 Å². The van der Waals surface area contributed by atoms with E-state index >= 15 is 0 Å². The first-order valence-electron chi connectivity index (χ1n) is 3.97. The molecule has 0 spiro atoms. The van der Waals surface area contributed by atoms with E-state index in [0.717, 1.165) is 0 Å². The summed E-state index contributed by atoms with van der Waals surface area (Å²) in [5.41, 5.74) is 0. The van der Waals surface area contributed by atoms with Crippen LogP contribution in [-0.4, -0.2) is 29.5 Å². The average molecular weight is 184 g/mol. The lowest BCUT2D eigenvalue weighted by molar-refractivity contribution is -0.259. The van der Waals surface area contributed by atoms with Gasteiger partial charge in [-0.2, -0.15) is 4.89 Å². The van der Waals surface area contributed by atoms with Crippen LogP contribution >= 0.6 is 0 Å². The van der Waals surface area contributed by atoms with Crippen LogP contribution in [0, 0.1) is 0 Å². The summed E-state index contributed by atoms with van der Waals surface area (Å²) in [5, 5.41) is 17.3. The topological polar surface area (TPSA) is 58.9 Å². The van der Waals surface area contributed by atoms with E-state index in [0.29, 0.717) is 5.75 Å². The molecule has 1 aromatic rings. The molecule has 4 nitrogen and oxygen atoms in total. The van der Waals surface area contributed by atoms with E-state index in [1.54, 1.807) is 24.3 Å². The fraction of sp³-hybridized carbons (Fsp3) is 0.333. The molecular formula is C9H12O4. The predicted octanol–water partition coefficient (Wildman–Crippen LogP) is 0.350. The van der Waals surface area contributed by atoms with Gasteiger partial charge in [-0.05, 0) is 12.1 Å². The molecule has 0 atom stereocenters. The summed E-state index contributed by atoms with van der Waals surface area (Å²) in [6.07, 6.45) is -0.694. The van der Waals surface area contributed by atoms with Gasteiger partial charge in [-0.25, -0.2) is 0 Å². The van der Waals surface area contributed by atoms with Gasteiger partial charge in [0.15, 0.2) is 11.9 Å². The third-order valence-electron chi connectivity index (χ3n) is 1.43. The molecule has 0 fully saturated rings. The molecule has 0 heterocycles. The molecule has 4 heteroatoms. The Morgan fingerprint density at radius 3 is 2.23 bits per heavy atom. The van der Waals surface area contributed by atoms with Gasteiger partial charge in [-0.1, -0.05) is 18.2 Å². The van der Waals surface area contributed by atoms with Crippen LogP contribution in [0.2, 0.25) is 0 Å². The molecule has 72 valence electrons. The summed E-state index contributed by atoms with van der Waals surface area (Å²) in [7, 11) is 0. The van der Waals surface area contributed by atoms with Crippen molar-refractivity contribution < 1.29 is 20.0 Å². The summed E-state index contributed by atoms with van der Waals surface area (Å²) in [6, 6.07) is 8.87. The van der Waals surface area contributed by atoms with Gasteiger partial charge in [0.25, 0.3) is 0 Å². The third-order valence-corrected chi connectivity index (χ3v) is 1.43. The molecule has 0 aliphatic heterocycles. The maximum absolute atomic E-state index is 8.64. The summed E-state index contributed by atoms with van der Waals surface area (Å²) in [6.45, 7) is -0.549. The van der Waals surface area contributed by atoms with E-state index in [2.05, 4.69) is 0 Å². The quantitative estimate of drug-likeness (QED) is 0.512. The number of rotatable bonds is 5. The van der Waals surface area contributed by atoms with Crippen LogP contribution in [-0.2, 0) is 4.89 Å². The molecule has 0 saturated carbocycles. The third kappa shape index (κ3) is 3.42. The second-order valence-corrected chi connectivity index (χ2v) is 2.48. The second kappa shape index (κ2) is 5.53. The minimum atomic E-state index is -0.694. The van der Waals surface area contributed by atoms with Crippen LogP contribution in [0.4, 0.5) is 0 Å². The number of aliphatic hydroxyl groups excluding tert-OH is 2.